The smallest absolute Gasteiger partial charge is 0.196 e. The monoisotopic (exact) mass is 662 g/mol. The molecule has 0 radical (unpaired) electrons. The van der Waals surface area contributed by atoms with Gasteiger partial charge in [-0.15, -0.1) is 16.6 Å². The van der Waals surface area contributed by atoms with Crippen LogP contribution >= 0.6 is 0 Å². The van der Waals surface area contributed by atoms with Gasteiger partial charge >= 0.3 is 0 Å². The first-order valence-corrected chi connectivity index (χ1v) is 18.9. The van der Waals surface area contributed by atoms with Gasteiger partial charge in [-0.25, -0.2) is 0 Å². The number of hydrogen-bond donors (Lipinski definition) is 5. The van der Waals surface area contributed by atoms with Crippen LogP contribution in [0.25, 0.3) is 0 Å². The molecular weight excluding hydrogens is 602 g/mol. The number of aryl methyl sites for hydroxylation is 1. The van der Waals surface area contributed by atoms with E-state index < -0.39 is 0 Å². The SMILES string of the molecule is CCCCC1[OH+][C-](CCc2ccc(O)c(OC[C@H](NC)C3=C[C+]4C(=N3)CC3(CCCC3)[C@H]3CCC[C@H]3[C@@H]4CNC[C@H](C)O)c2)C=C1CO. The van der Waals surface area contributed by atoms with Gasteiger partial charge < -0.3 is 30.1 Å². The Bertz CT molecular complexity index is 1320. The Kier molecular flexibility index (Phi) is 11.8. The fourth-order valence-corrected chi connectivity index (χ4v) is 9.56. The van der Waals surface area contributed by atoms with E-state index in [1.54, 1.807) is 6.07 Å². The zero-order valence-corrected chi connectivity index (χ0v) is 29.5. The number of phenols is 1. The summed E-state index contributed by atoms with van der Waals surface area (Å²) in [5.41, 5.74) is 4.78. The van der Waals surface area contributed by atoms with Crippen molar-refractivity contribution in [3.05, 3.63) is 59.2 Å². The predicted molar refractivity (Wildman–Crippen MR) is 192 cm³/mol. The molecule has 3 aliphatic carbocycles. The summed E-state index contributed by atoms with van der Waals surface area (Å²) in [7, 11) is 1.96. The number of benzene rings is 1. The van der Waals surface area contributed by atoms with Gasteiger partial charge in [0, 0.05) is 32.5 Å². The highest BCUT2D eigenvalue weighted by molar-refractivity contribution is 6.03. The van der Waals surface area contributed by atoms with Gasteiger partial charge in [-0.05, 0) is 93.9 Å². The number of phenolic OH excluding ortho intramolecular Hbond substituents is 1. The molecule has 0 saturated heterocycles. The van der Waals surface area contributed by atoms with Gasteiger partial charge in [-0.3, -0.25) is 5.32 Å². The third-order valence-electron chi connectivity index (χ3n) is 12.0. The molecule has 0 bridgehead atoms. The number of nitrogens with zero attached hydrogens (tertiary/aromatic N) is 1. The summed E-state index contributed by atoms with van der Waals surface area (Å²) in [5, 5.41) is 37.6. The zero-order valence-electron chi connectivity index (χ0n) is 29.5. The summed E-state index contributed by atoms with van der Waals surface area (Å²) in [6, 6.07) is 5.51. The van der Waals surface area contributed by atoms with Gasteiger partial charge in [-0.2, -0.15) is 0 Å². The van der Waals surface area contributed by atoms with Crippen LogP contribution in [0.1, 0.15) is 96.5 Å². The Labute approximate surface area is 288 Å². The fourth-order valence-electron chi connectivity index (χ4n) is 9.56. The van der Waals surface area contributed by atoms with E-state index in [-0.39, 0.29) is 30.6 Å². The lowest BCUT2D eigenvalue weighted by Gasteiger charge is -2.37. The lowest BCUT2D eigenvalue weighted by molar-refractivity contribution is -0.0550. The number of likely N-dealkylation sites (N-methyl/N-ethyl adjacent to an activating group) is 1. The van der Waals surface area contributed by atoms with E-state index in [0.717, 1.165) is 73.9 Å². The summed E-state index contributed by atoms with van der Waals surface area (Å²) in [4.78, 5) is 5.37. The number of aliphatic hydroxyl groups excluding tert-OH is 2. The first kappa shape index (κ1) is 35.3. The van der Waals surface area contributed by atoms with Crippen LogP contribution in [0.15, 0.2) is 46.6 Å². The number of aromatic hydroxyl groups is 1. The second kappa shape index (κ2) is 16.0. The first-order chi connectivity index (χ1) is 23.3. The standard InChI is InChI=1S/C40H59N3O5/c1-4-5-11-38-28(24-44)19-29(48-38)14-12-27-13-15-37(46)39(18-27)47-25-36(41-3)34-20-31-32(23-42-22-26(2)45)30-9-8-10-33(30)40(16-6-7-17-40)21-35(31)43-34/h13,15,18-20,26,30,32-33,36,38,41-42,44-45,48H,4-12,14,16-17,21-25H2,1-3H3/p+1/t26-,30-,32-,33-,36-,38?/m0/s1. The number of aliphatic hydroxyl groups is 4. The molecule has 5 aliphatic rings. The molecule has 6 N–H and O–H groups in total. The Balaban J connectivity index is 1.13. The van der Waals surface area contributed by atoms with Crippen LogP contribution in [-0.4, -0.2) is 77.4 Å². The molecule has 1 spiro atoms. The minimum absolute atomic E-state index is 0.0644. The van der Waals surface area contributed by atoms with Crippen LogP contribution in [0.5, 0.6) is 11.5 Å². The maximum absolute atomic E-state index is 10.7. The molecule has 1 unspecified atom stereocenters. The van der Waals surface area contributed by atoms with E-state index in [1.807, 2.05) is 26.1 Å². The maximum Gasteiger partial charge on any atom is 0.196 e. The molecule has 6 rings (SSSR count). The van der Waals surface area contributed by atoms with Gasteiger partial charge in [-0.1, -0.05) is 38.7 Å². The van der Waals surface area contributed by atoms with Gasteiger partial charge in [0.1, 0.15) is 30.4 Å². The zero-order chi connectivity index (χ0) is 33.7. The van der Waals surface area contributed by atoms with Crippen molar-refractivity contribution in [2.45, 2.75) is 116 Å². The van der Waals surface area contributed by atoms with Crippen LogP contribution in [0.2, 0.25) is 0 Å². The summed E-state index contributed by atoms with van der Waals surface area (Å²) < 4.78 is 11.2. The number of allylic oxidation sites excluding steroid dienone is 1. The van der Waals surface area contributed by atoms with Crippen molar-refractivity contribution < 1.29 is 24.8 Å². The summed E-state index contributed by atoms with van der Waals surface area (Å²) in [6.07, 6.45) is 20.3. The van der Waals surface area contributed by atoms with Gasteiger partial charge in [0.2, 0.25) is 0 Å². The van der Waals surface area contributed by atoms with E-state index in [9.17, 15) is 15.3 Å². The van der Waals surface area contributed by atoms with Gasteiger partial charge in [0.15, 0.2) is 23.2 Å². The summed E-state index contributed by atoms with van der Waals surface area (Å²) in [6.45, 7) is 5.95. The van der Waals surface area contributed by atoms with Crippen molar-refractivity contribution >= 4 is 5.71 Å². The number of nitrogens with one attached hydrogen (secondary N) is 2. The Hall–Kier alpha value is -2.49. The highest BCUT2D eigenvalue weighted by Crippen LogP contribution is 2.61. The van der Waals surface area contributed by atoms with Crippen LogP contribution < -0.4 is 15.4 Å². The number of rotatable bonds is 16. The quantitative estimate of drug-likeness (QED) is 0.114. The predicted octanol–water partition coefficient (Wildman–Crippen LogP) is 5.72. The van der Waals surface area contributed by atoms with Crippen molar-refractivity contribution in [3.8, 4) is 11.5 Å². The first-order valence-electron chi connectivity index (χ1n) is 18.9. The lowest BCUT2D eigenvalue weighted by Crippen LogP contribution is -2.38. The van der Waals surface area contributed by atoms with Gasteiger partial charge in [0.05, 0.1) is 18.1 Å². The second-order valence-electron chi connectivity index (χ2n) is 15.3. The van der Waals surface area contributed by atoms with Crippen molar-refractivity contribution in [2.75, 3.05) is 33.4 Å². The van der Waals surface area contributed by atoms with Gasteiger partial charge in [0.25, 0.3) is 0 Å². The molecule has 2 aliphatic heterocycles. The number of fused-ring (bicyclic) bond motifs is 3. The molecule has 6 atom stereocenters. The lowest BCUT2D eigenvalue weighted by atomic mass is 9.66. The minimum Gasteiger partial charge on any atom is -0.504 e. The highest BCUT2D eigenvalue weighted by atomic mass is 16.5. The molecule has 0 aromatic heterocycles. The summed E-state index contributed by atoms with van der Waals surface area (Å²) in [5.74, 6) is 3.86. The van der Waals surface area contributed by atoms with Crippen LogP contribution in [-0.2, 0) is 6.42 Å². The van der Waals surface area contributed by atoms with Crippen LogP contribution in [0.4, 0.5) is 0 Å². The molecule has 1 aromatic carbocycles. The molecule has 0 amide bonds. The third-order valence-corrected chi connectivity index (χ3v) is 12.0. The highest BCUT2D eigenvalue weighted by Gasteiger charge is 2.58. The van der Waals surface area contributed by atoms with Crippen molar-refractivity contribution in [2.24, 2.45) is 28.2 Å². The Morgan fingerprint density at radius 1 is 1.21 bits per heavy atom. The number of hydrogen-bond acceptors (Lipinski definition) is 7. The van der Waals surface area contributed by atoms with Crippen molar-refractivity contribution in [1.82, 2.24) is 10.6 Å². The molecule has 8 nitrogen and oxygen atoms in total. The number of ether oxygens (including phenoxy) is 2. The third kappa shape index (κ3) is 7.78. The molecule has 48 heavy (non-hydrogen) atoms. The Morgan fingerprint density at radius 3 is 2.79 bits per heavy atom. The normalized spacial score (nSPS) is 27.4. The minimum atomic E-state index is -0.361. The molecular formula is C40H60N3O5+. The van der Waals surface area contributed by atoms with Crippen LogP contribution in [0, 0.1) is 35.2 Å². The van der Waals surface area contributed by atoms with E-state index in [0.29, 0.717) is 36.2 Å². The average molecular weight is 663 g/mol. The van der Waals surface area contributed by atoms with E-state index in [2.05, 4.69) is 29.7 Å². The largest absolute Gasteiger partial charge is 0.504 e. The molecule has 1 aromatic rings. The molecule has 3 saturated carbocycles. The average Bonchev–Trinajstić information content (AvgIpc) is 3.89. The van der Waals surface area contributed by atoms with E-state index in [1.165, 1.54) is 56.6 Å². The van der Waals surface area contributed by atoms with Crippen molar-refractivity contribution in [3.63, 3.8) is 0 Å². The van der Waals surface area contributed by atoms with E-state index in [4.69, 9.17) is 14.5 Å². The number of unbranched alkanes of at least 4 members (excludes halogenated alkanes) is 1. The molecule has 264 valence electrons. The maximum atomic E-state index is 10.7. The molecule has 2 heterocycles. The van der Waals surface area contributed by atoms with Crippen molar-refractivity contribution in [1.29, 1.82) is 0 Å². The van der Waals surface area contributed by atoms with E-state index >= 15 is 0 Å². The molecule has 3 fully saturated rings. The molecule has 8 heteroatoms. The summed E-state index contributed by atoms with van der Waals surface area (Å²) >= 11 is 0. The van der Waals surface area contributed by atoms with Crippen LogP contribution in [0.3, 0.4) is 0 Å². The second-order valence-corrected chi connectivity index (χ2v) is 15.3. The Morgan fingerprint density at radius 2 is 2.04 bits per heavy atom. The number of aliphatic imine (C=N–C) groups is 1. The fraction of sp³-hybridized carbons (Fsp3) is 0.675. The topological polar surface area (TPSA) is 119 Å².